The van der Waals surface area contributed by atoms with Gasteiger partial charge in [0.2, 0.25) is 5.95 Å². The lowest BCUT2D eigenvalue weighted by molar-refractivity contribution is -0.0667. The predicted octanol–water partition coefficient (Wildman–Crippen LogP) is 3.71. The summed E-state index contributed by atoms with van der Waals surface area (Å²) in [5.41, 5.74) is 5.54. The van der Waals surface area contributed by atoms with Gasteiger partial charge in [0.25, 0.3) is 0 Å². The maximum atomic E-state index is 13.8. The van der Waals surface area contributed by atoms with E-state index in [-0.39, 0.29) is 12.4 Å². The van der Waals surface area contributed by atoms with E-state index in [0.717, 1.165) is 6.42 Å². The van der Waals surface area contributed by atoms with Crippen LogP contribution in [0.4, 0.5) is 9.18 Å². The number of alkyl carbamates (subject to hydrolysis) is 1. The van der Waals surface area contributed by atoms with Gasteiger partial charge in [0.05, 0.1) is 6.33 Å². The summed E-state index contributed by atoms with van der Waals surface area (Å²) in [5, 5.41) is 2.72. The van der Waals surface area contributed by atoms with Crippen molar-refractivity contribution in [1.29, 1.82) is 0 Å². The van der Waals surface area contributed by atoms with Crippen LogP contribution in [0.3, 0.4) is 0 Å². The fourth-order valence-electron chi connectivity index (χ4n) is 3.15. The first kappa shape index (κ1) is 24.4. The molecule has 1 saturated heterocycles. The number of amidine groups is 1. The quantitative estimate of drug-likeness (QED) is 0.295. The number of amides is 1. The molecule has 0 bridgehead atoms. The number of rotatable bonds is 7. The van der Waals surface area contributed by atoms with Crippen molar-refractivity contribution in [2.45, 2.75) is 77.7 Å². The fourth-order valence-corrected chi connectivity index (χ4v) is 3.15. The topological polar surface area (TPSA) is 104 Å². The van der Waals surface area contributed by atoms with Crippen molar-refractivity contribution in [2.75, 3.05) is 6.61 Å². The Morgan fingerprint density at radius 2 is 2.32 bits per heavy atom. The van der Waals surface area contributed by atoms with Crippen LogP contribution in [0.5, 0.6) is 0 Å². The number of imidazole rings is 1. The van der Waals surface area contributed by atoms with Crippen molar-refractivity contribution in [3.8, 4) is 12.3 Å². The molecule has 170 valence electrons. The molecule has 1 amide bonds. The minimum absolute atomic E-state index is 0.00972. The van der Waals surface area contributed by atoms with Crippen LogP contribution in [-0.4, -0.2) is 39.2 Å². The number of ether oxygens (including phenoxy) is 2. The van der Waals surface area contributed by atoms with Gasteiger partial charge in [-0.15, -0.1) is 6.42 Å². The maximum absolute atomic E-state index is 13.8. The molecule has 31 heavy (non-hydrogen) atoms. The van der Waals surface area contributed by atoms with Crippen molar-refractivity contribution < 1.29 is 18.7 Å². The van der Waals surface area contributed by atoms with Gasteiger partial charge in [-0.1, -0.05) is 19.3 Å². The van der Waals surface area contributed by atoms with Crippen LogP contribution in [0.2, 0.25) is 0 Å². The minimum atomic E-state index is -1.04. The average Bonchev–Trinajstić information content (AvgIpc) is 3.27. The van der Waals surface area contributed by atoms with Crippen LogP contribution >= 0.6 is 0 Å². The number of hydrogen-bond acceptors (Lipinski definition) is 5. The molecule has 0 radical (unpaired) electrons. The van der Waals surface area contributed by atoms with Crippen molar-refractivity contribution in [2.24, 2.45) is 10.7 Å². The summed E-state index contributed by atoms with van der Waals surface area (Å²) in [6.07, 6.45) is 10.2. The molecular formula is C22H32FN5O3. The molecule has 3 N–H and O–H groups in total. The molecule has 0 saturated carbocycles. The van der Waals surface area contributed by atoms with E-state index in [1.807, 2.05) is 27.7 Å². The number of aliphatic imine (C=N–C) groups is 1. The second-order valence-corrected chi connectivity index (χ2v) is 8.60. The molecule has 2 unspecified atom stereocenters. The van der Waals surface area contributed by atoms with Crippen molar-refractivity contribution >= 4 is 11.9 Å². The van der Waals surface area contributed by atoms with Gasteiger partial charge in [-0.2, -0.15) is 4.39 Å². The van der Waals surface area contributed by atoms with Crippen LogP contribution in [0.25, 0.3) is 0 Å². The van der Waals surface area contributed by atoms with Gasteiger partial charge >= 0.3 is 6.09 Å². The number of carbonyl (C=O) groups excluding carboxylic acids is 1. The third kappa shape index (κ3) is 6.56. The second-order valence-electron chi connectivity index (χ2n) is 8.60. The summed E-state index contributed by atoms with van der Waals surface area (Å²) < 4.78 is 27.0. The number of nitrogens with zero attached hydrogens (tertiary/aromatic N) is 3. The highest BCUT2D eigenvalue weighted by Crippen LogP contribution is 2.37. The first-order valence-electron chi connectivity index (χ1n) is 10.3. The van der Waals surface area contributed by atoms with E-state index in [9.17, 15) is 9.18 Å². The van der Waals surface area contributed by atoms with Crippen LogP contribution in [0.1, 0.15) is 71.0 Å². The zero-order valence-corrected chi connectivity index (χ0v) is 18.9. The number of nitrogens with two attached hydrogens (primary N) is 1. The Bertz CT molecular complexity index is 894. The van der Waals surface area contributed by atoms with Gasteiger partial charge in [0, 0.05) is 11.2 Å². The zero-order chi connectivity index (χ0) is 23.2. The molecule has 9 heteroatoms. The smallest absolute Gasteiger partial charge is 0.407 e. The van der Waals surface area contributed by atoms with E-state index >= 15 is 0 Å². The molecule has 0 aromatic carbocycles. The summed E-state index contributed by atoms with van der Waals surface area (Å²) >= 11 is 0. The first-order chi connectivity index (χ1) is 14.5. The van der Waals surface area contributed by atoms with Gasteiger partial charge in [-0.05, 0) is 53.0 Å². The molecule has 8 nitrogen and oxygen atoms in total. The van der Waals surface area contributed by atoms with E-state index in [0.29, 0.717) is 30.7 Å². The molecule has 1 aliphatic heterocycles. The molecule has 2 atom stereocenters. The Labute approximate surface area is 183 Å². The van der Waals surface area contributed by atoms with Crippen molar-refractivity contribution in [3.05, 3.63) is 29.7 Å². The summed E-state index contributed by atoms with van der Waals surface area (Å²) in [6, 6.07) is 0. The van der Waals surface area contributed by atoms with E-state index in [4.69, 9.17) is 21.6 Å². The lowest BCUT2D eigenvalue weighted by Crippen LogP contribution is -2.43. The fraction of sp³-hybridized carbons (Fsp3) is 0.591. The molecule has 0 spiro atoms. The standard InChI is InChI=1S/C22H32FN5O3/c1-7-9-10-16(23)26-19(24)18-15(3)28(14-25-18)17-11-12-22(8-2,31-17)13-30-20(29)27-21(4,5)6/h2,10,14,17H,7,9,11-13H2,1,3-6H3,(H2,24,26)(H,27,29)/b16-10+. The highest BCUT2D eigenvalue weighted by molar-refractivity contribution is 5.97. The van der Waals surface area contributed by atoms with Crippen LogP contribution in [0, 0.1) is 19.3 Å². The lowest BCUT2D eigenvalue weighted by atomic mass is 10.0. The van der Waals surface area contributed by atoms with Gasteiger partial charge in [-0.3, -0.25) is 0 Å². The molecule has 1 fully saturated rings. The third-order valence-corrected chi connectivity index (χ3v) is 4.76. The normalized spacial score (nSPS) is 22.3. The Balaban J connectivity index is 2.10. The molecule has 0 aliphatic carbocycles. The maximum Gasteiger partial charge on any atom is 0.407 e. The van der Waals surface area contributed by atoms with Gasteiger partial charge < -0.3 is 25.1 Å². The van der Waals surface area contributed by atoms with Crippen molar-refractivity contribution in [3.63, 3.8) is 0 Å². The van der Waals surface area contributed by atoms with Crippen molar-refractivity contribution in [1.82, 2.24) is 14.9 Å². The lowest BCUT2D eigenvalue weighted by Gasteiger charge is -2.26. The van der Waals surface area contributed by atoms with Gasteiger partial charge in [-0.25, -0.2) is 14.8 Å². The number of allylic oxidation sites excluding steroid dienone is 1. The largest absolute Gasteiger partial charge is 0.445 e. The number of unbranched alkanes of at least 4 members (excludes halogenated alkanes) is 1. The van der Waals surface area contributed by atoms with Crippen LogP contribution in [0.15, 0.2) is 23.3 Å². The van der Waals surface area contributed by atoms with Gasteiger partial charge in [0.15, 0.2) is 11.4 Å². The summed E-state index contributed by atoms with van der Waals surface area (Å²) in [5.74, 6) is 1.98. The molecule has 2 heterocycles. The predicted molar refractivity (Wildman–Crippen MR) is 117 cm³/mol. The van der Waals surface area contributed by atoms with Crippen LogP contribution < -0.4 is 11.1 Å². The van der Waals surface area contributed by atoms with E-state index in [1.165, 1.54) is 6.08 Å². The SMILES string of the molecule is C#CC1(COC(=O)NC(C)(C)C)CCC(n2cnc(/C(N)=N\C(F)=C\CCC)c2C)O1. The number of aromatic nitrogens is 2. The molecule has 1 aliphatic rings. The Morgan fingerprint density at radius 3 is 2.94 bits per heavy atom. The van der Waals surface area contributed by atoms with E-state index in [1.54, 1.807) is 17.8 Å². The number of hydrogen-bond donors (Lipinski definition) is 2. The number of nitrogens with one attached hydrogen (secondary N) is 1. The third-order valence-electron chi connectivity index (χ3n) is 4.76. The average molecular weight is 434 g/mol. The second kappa shape index (κ2) is 9.96. The van der Waals surface area contributed by atoms with E-state index in [2.05, 4.69) is 21.2 Å². The minimum Gasteiger partial charge on any atom is -0.445 e. The number of carbonyl (C=O) groups is 1. The van der Waals surface area contributed by atoms with Gasteiger partial charge in [0.1, 0.15) is 18.5 Å². The number of halogens is 1. The molecular weight excluding hydrogens is 401 g/mol. The highest BCUT2D eigenvalue weighted by Gasteiger charge is 2.41. The highest BCUT2D eigenvalue weighted by atomic mass is 19.1. The summed E-state index contributed by atoms with van der Waals surface area (Å²) in [6.45, 7) is 9.24. The summed E-state index contributed by atoms with van der Waals surface area (Å²) in [4.78, 5) is 20.0. The monoisotopic (exact) mass is 433 g/mol. The Kier molecular flexibility index (Phi) is 7.85. The zero-order valence-electron chi connectivity index (χ0n) is 18.9. The number of terminal acetylenes is 1. The molecule has 1 aromatic heterocycles. The summed E-state index contributed by atoms with van der Waals surface area (Å²) in [7, 11) is 0. The van der Waals surface area contributed by atoms with E-state index < -0.39 is 29.4 Å². The first-order valence-corrected chi connectivity index (χ1v) is 10.3. The Morgan fingerprint density at radius 1 is 1.61 bits per heavy atom. The molecule has 1 aromatic rings. The van der Waals surface area contributed by atoms with Crippen LogP contribution in [-0.2, 0) is 9.47 Å². The Hall–Kier alpha value is -2.86. The molecule has 2 rings (SSSR count).